The van der Waals surface area contributed by atoms with E-state index in [-0.39, 0.29) is 18.4 Å². The molecule has 0 aliphatic carbocycles. The fourth-order valence-electron chi connectivity index (χ4n) is 3.27. The zero-order valence-electron chi connectivity index (χ0n) is 14.3. The molecule has 0 fully saturated rings. The van der Waals surface area contributed by atoms with Crippen LogP contribution in [-0.2, 0) is 11.2 Å². The van der Waals surface area contributed by atoms with Gasteiger partial charge in [0.1, 0.15) is 5.82 Å². The van der Waals surface area contributed by atoms with Crippen molar-refractivity contribution in [3.8, 4) is 0 Å². The average Bonchev–Trinajstić information content (AvgIpc) is 3.04. The molecule has 5 heteroatoms. The zero-order valence-corrected chi connectivity index (χ0v) is 14.3. The van der Waals surface area contributed by atoms with Gasteiger partial charge in [0.15, 0.2) is 0 Å². The number of benzene rings is 2. The predicted octanol–water partition coefficient (Wildman–Crippen LogP) is 2.82. The van der Waals surface area contributed by atoms with Crippen LogP contribution in [0.15, 0.2) is 48.5 Å². The first-order chi connectivity index (χ1) is 12.0. The van der Waals surface area contributed by atoms with Crippen molar-refractivity contribution in [2.45, 2.75) is 31.9 Å². The van der Waals surface area contributed by atoms with E-state index in [9.17, 15) is 14.3 Å². The SMILES string of the molecule is CC(CNC(=O)CC(O)c1cccc(F)c1)N1CCc2ccccc21. The molecule has 2 aromatic carbocycles. The van der Waals surface area contributed by atoms with Crippen LogP contribution in [0.3, 0.4) is 0 Å². The van der Waals surface area contributed by atoms with E-state index in [1.165, 1.54) is 29.4 Å². The van der Waals surface area contributed by atoms with E-state index in [1.807, 2.05) is 12.1 Å². The molecule has 3 rings (SSSR count). The summed E-state index contributed by atoms with van der Waals surface area (Å²) < 4.78 is 13.2. The number of aliphatic hydroxyl groups excluding tert-OH is 1. The summed E-state index contributed by atoms with van der Waals surface area (Å²) in [7, 11) is 0. The lowest BCUT2D eigenvalue weighted by molar-refractivity contribution is -0.123. The Kier molecular flexibility index (Phi) is 5.34. The molecule has 0 bridgehead atoms. The number of hydrogen-bond acceptors (Lipinski definition) is 3. The van der Waals surface area contributed by atoms with Crippen LogP contribution in [0.5, 0.6) is 0 Å². The van der Waals surface area contributed by atoms with Crippen molar-refractivity contribution in [3.05, 3.63) is 65.5 Å². The minimum absolute atomic E-state index is 0.0766. The number of nitrogens with zero attached hydrogens (tertiary/aromatic N) is 1. The normalized spacial score (nSPS) is 15.6. The summed E-state index contributed by atoms with van der Waals surface area (Å²) in [5.74, 6) is -0.658. The molecule has 1 heterocycles. The lowest BCUT2D eigenvalue weighted by Crippen LogP contribution is -2.41. The summed E-state index contributed by atoms with van der Waals surface area (Å²) in [6, 6.07) is 14.2. The number of halogens is 1. The third kappa shape index (κ3) is 4.17. The van der Waals surface area contributed by atoms with Gasteiger partial charge in [-0.3, -0.25) is 4.79 Å². The van der Waals surface area contributed by atoms with Gasteiger partial charge in [0, 0.05) is 24.8 Å². The molecular formula is C20H23FN2O2. The topological polar surface area (TPSA) is 52.6 Å². The molecule has 132 valence electrons. The van der Waals surface area contributed by atoms with Crippen LogP contribution >= 0.6 is 0 Å². The van der Waals surface area contributed by atoms with E-state index >= 15 is 0 Å². The second kappa shape index (κ2) is 7.66. The molecule has 0 radical (unpaired) electrons. The minimum Gasteiger partial charge on any atom is -0.388 e. The third-order valence-corrected chi connectivity index (χ3v) is 4.66. The molecule has 2 N–H and O–H groups in total. The number of aliphatic hydroxyl groups is 1. The number of fused-ring (bicyclic) bond motifs is 1. The molecule has 25 heavy (non-hydrogen) atoms. The van der Waals surface area contributed by atoms with Crippen LogP contribution in [0.2, 0.25) is 0 Å². The number of para-hydroxylation sites is 1. The number of carbonyl (C=O) groups excluding carboxylic acids is 1. The van der Waals surface area contributed by atoms with E-state index in [0.29, 0.717) is 12.1 Å². The number of anilines is 1. The monoisotopic (exact) mass is 342 g/mol. The van der Waals surface area contributed by atoms with Gasteiger partial charge in [-0.05, 0) is 42.7 Å². The molecule has 0 saturated carbocycles. The van der Waals surface area contributed by atoms with Crippen LogP contribution in [0, 0.1) is 5.82 Å². The number of hydrogen-bond donors (Lipinski definition) is 2. The lowest BCUT2D eigenvalue weighted by Gasteiger charge is -2.27. The van der Waals surface area contributed by atoms with Crippen molar-refractivity contribution in [3.63, 3.8) is 0 Å². The Balaban J connectivity index is 1.51. The molecular weight excluding hydrogens is 319 g/mol. The first-order valence-electron chi connectivity index (χ1n) is 8.59. The maximum atomic E-state index is 13.2. The second-order valence-corrected chi connectivity index (χ2v) is 6.50. The highest BCUT2D eigenvalue weighted by Crippen LogP contribution is 2.28. The fraction of sp³-hybridized carbons (Fsp3) is 0.350. The molecule has 2 atom stereocenters. The summed E-state index contributed by atoms with van der Waals surface area (Å²) in [5.41, 5.74) is 2.97. The van der Waals surface area contributed by atoms with Crippen molar-refractivity contribution in [2.24, 2.45) is 0 Å². The summed E-state index contributed by atoms with van der Waals surface area (Å²) >= 11 is 0. The Morgan fingerprint density at radius 2 is 2.08 bits per heavy atom. The largest absolute Gasteiger partial charge is 0.388 e. The quantitative estimate of drug-likeness (QED) is 0.849. The first-order valence-corrected chi connectivity index (χ1v) is 8.59. The van der Waals surface area contributed by atoms with Gasteiger partial charge < -0.3 is 15.3 Å². The fourth-order valence-corrected chi connectivity index (χ4v) is 3.27. The highest BCUT2D eigenvalue weighted by molar-refractivity contribution is 5.76. The van der Waals surface area contributed by atoms with Crippen LogP contribution < -0.4 is 10.2 Å². The Labute approximate surface area is 147 Å². The molecule has 2 aromatic rings. The van der Waals surface area contributed by atoms with Gasteiger partial charge in [-0.15, -0.1) is 0 Å². The Morgan fingerprint density at radius 3 is 2.88 bits per heavy atom. The lowest BCUT2D eigenvalue weighted by atomic mass is 10.1. The predicted molar refractivity (Wildman–Crippen MR) is 95.9 cm³/mol. The zero-order chi connectivity index (χ0) is 17.8. The molecule has 4 nitrogen and oxygen atoms in total. The van der Waals surface area contributed by atoms with Crippen LogP contribution in [0.1, 0.15) is 30.6 Å². The Morgan fingerprint density at radius 1 is 1.28 bits per heavy atom. The van der Waals surface area contributed by atoms with Gasteiger partial charge in [-0.1, -0.05) is 30.3 Å². The highest BCUT2D eigenvalue weighted by atomic mass is 19.1. The van der Waals surface area contributed by atoms with E-state index < -0.39 is 11.9 Å². The maximum absolute atomic E-state index is 13.2. The molecule has 1 amide bonds. The molecule has 2 unspecified atom stereocenters. The van der Waals surface area contributed by atoms with Gasteiger partial charge in [-0.25, -0.2) is 4.39 Å². The molecule has 0 saturated heterocycles. The highest BCUT2D eigenvalue weighted by Gasteiger charge is 2.23. The van der Waals surface area contributed by atoms with E-state index in [4.69, 9.17) is 0 Å². The van der Waals surface area contributed by atoms with E-state index in [1.54, 1.807) is 6.07 Å². The number of nitrogens with one attached hydrogen (secondary N) is 1. The first kappa shape index (κ1) is 17.4. The van der Waals surface area contributed by atoms with Gasteiger partial charge in [0.05, 0.1) is 12.5 Å². The maximum Gasteiger partial charge on any atom is 0.223 e. The van der Waals surface area contributed by atoms with Crippen molar-refractivity contribution in [1.82, 2.24) is 5.32 Å². The molecule has 1 aliphatic heterocycles. The van der Waals surface area contributed by atoms with Gasteiger partial charge in [-0.2, -0.15) is 0 Å². The standard InChI is InChI=1S/C20H23FN2O2/c1-14(23-10-9-15-5-2-3-8-18(15)23)13-22-20(25)12-19(24)16-6-4-7-17(21)11-16/h2-8,11,14,19,24H,9-10,12-13H2,1H3,(H,22,25). The molecule has 1 aliphatic rings. The Hall–Kier alpha value is -2.40. The summed E-state index contributed by atoms with van der Waals surface area (Å²) in [5, 5.41) is 13.0. The Bertz CT molecular complexity index is 750. The summed E-state index contributed by atoms with van der Waals surface area (Å²) in [6.07, 6.45) is -0.0574. The minimum atomic E-state index is -1.00. The van der Waals surface area contributed by atoms with Crippen LogP contribution in [-0.4, -0.2) is 30.1 Å². The molecule has 0 aromatic heterocycles. The van der Waals surface area contributed by atoms with Gasteiger partial charge >= 0.3 is 0 Å². The van der Waals surface area contributed by atoms with Crippen LogP contribution in [0.4, 0.5) is 10.1 Å². The van der Waals surface area contributed by atoms with Crippen molar-refractivity contribution in [1.29, 1.82) is 0 Å². The van der Waals surface area contributed by atoms with Crippen LogP contribution in [0.25, 0.3) is 0 Å². The van der Waals surface area contributed by atoms with E-state index in [2.05, 4.69) is 29.3 Å². The summed E-state index contributed by atoms with van der Waals surface area (Å²) in [6.45, 7) is 3.52. The molecule has 0 spiro atoms. The van der Waals surface area contributed by atoms with E-state index in [0.717, 1.165) is 13.0 Å². The smallest absolute Gasteiger partial charge is 0.223 e. The number of carbonyl (C=O) groups is 1. The van der Waals surface area contributed by atoms with Crippen molar-refractivity contribution < 1.29 is 14.3 Å². The number of amides is 1. The van der Waals surface area contributed by atoms with Crippen molar-refractivity contribution >= 4 is 11.6 Å². The summed E-state index contributed by atoms with van der Waals surface area (Å²) in [4.78, 5) is 14.4. The third-order valence-electron chi connectivity index (χ3n) is 4.66. The van der Waals surface area contributed by atoms with Gasteiger partial charge in [0.2, 0.25) is 5.91 Å². The van der Waals surface area contributed by atoms with Crippen molar-refractivity contribution in [2.75, 3.05) is 18.0 Å². The second-order valence-electron chi connectivity index (χ2n) is 6.50. The number of rotatable bonds is 6. The van der Waals surface area contributed by atoms with Gasteiger partial charge in [0.25, 0.3) is 0 Å². The average molecular weight is 342 g/mol.